The van der Waals surface area contributed by atoms with Crippen LogP contribution in [0.25, 0.3) is 0 Å². The lowest BCUT2D eigenvalue weighted by Gasteiger charge is -2.44. The van der Waals surface area contributed by atoms with Gasteiger partial charge in [-0.25, -0.2) is 0 Å². The van der Waals surface area contributed by atoms with E-state index < -0.39 is 0 Å². The van der Waals surface area contributed by atoms with Crippen molar-refractivity contribution in [3.05, 3.63) is 235 Å². The second-order valence-corrected chi connectivity index (χ2v) is 20.6. The Morgan fingerprint density at radius 3 is 0.887 bits per heavy atom. The lowest BCUT2D eigenvalue weighted by atomic mass is 9.33. The second kappa shape index (κ2) is 18.9. The predicted molar refractivity (Wildman–Crippen MR) is 306 cm³/mol. The first kappa shape index (κ1) is 45.7. The lowest BCUT2D eigenvalue weighted by Crippen LogP contribution is -2.61. The fraction of sp³-hybridized carbons (Fsp3) is 0.182. The van der Waals surface area contributed by atoms with Crippen LogP contribution in [0, 0.1) is 0 Å². The molecule has 0 saturated heterocycles. The highest BCUT2D eigenvalue weighted by atomic mass is 15.2. The van der Waals surface area contributed by atoms with E-state index in [4.69, 9.17) is 0 Å². The quantitative estimate of drug-likeness (QED) is 0.113. The smallest absolute Gasteiger partial charge is 0.252 e. The molecule has 0 radical (unpaired) electrons. The van der Waals surface area contributed by atoms with Crippen molar-refractivity contribution >= 4 is 91.3 Å². The van der Waals surface area contributed by atoms with E-state index in [0.717, 1.165) is 45.5 Å². The van der Waals surface area contributed by atoms with Crippen LogP contribution in [0.4, 0.5) is 68.2 Å². The van der Waals surface area contributed by atoms with Gasteiger partial charge >= 0.3 is 0 Å². The van der Waals surface area contributed by atoms with E-state index in [9.17, 15) is 0 Å². The molecule has 4 nitrogen and oxygen atoms in total. The van der Waals surface area contributed by atoms with Gasteiger partial charge in [0.1, 0.15) is 0 Å². The van der Waals surface area contributed by atoms with Gasteiger partial charge in [0.15, 0.2) is 0 Å². The summed E-state index contributed by atoms with van der Waals surface area (Å²) in [5.74, 6) is 1.77. The Hall–Kier alpha value is -7.76. The number of anilines is 12. The molecule has 71 heavy (non-hydrogen) atoms. The molecule has 0 aliphatic carbocycles. The van der Waals surface area contributed by atoms with Crippen LogP contribution in [0.5, 0.6) is 0 Å². The molecule has 0 bridgehead atoms. The maximum absolute atomic E-state index is 2.50. The zero-order valence-electron chi connectivity index (χ0n) is 42.4. The van der Waals surface area contributed by atoms with Crippen molar-refractivity contribution in [2.75, 3.05) is 19.6 Å². The van der Waals surface area contributed by atoms with Crippen LogP contribution in [0.1, 0.15) is 101 Å². The Morgan fingerprint density at radius 2 is 0.592 bits per heavy atom. The first-order chi connectivity index (χ1) is 34.5. The first-order valence-corrected chi connectivity index (χ1v) is 25.6. The maximum atomic E-state index is 2.50. The summed E-state index contributed by atoms with van der Waals surface area (Å²) in [7, 11) is 0. The van der Waals surface area contributed by atoms with Gasteiger partial charge in [0.2, 0.25) is 0 Å². The largest absolute Gasteiger partial charge is 0.311 e. The van der Waals surface area contributed by atoms with Crippen LogP contribution >= 0.6 is 0 Å². The number of fused-ring (bicyclic) bond motifs is 4. The van der Waals surface area contributed by atoms with Crippen molar-refractivity contribution in [3.8, 4) is 0 Å². The molecule has 0 aromatic heterocycles. The SMILES string of the molecule is CC(C)c1ccc(N(c2ccc(C(C)C)cc2)c2ccc3c(c2)N(c2ccccc2)c2cccc4c2B3c2ccc(N(c3ccc(C(C)C)cc3)c3ccc(C(C)C)cc3)cc2N4c2ccccc2)cc1. The average molecular weight is 923 g/mol. The molecule has 0 N–H and O–H groups in total. The van der Waals surface area contributed by atoms with Crippen LogP contribution in [-0.4, -0.2) is 6.71 Å². The maximum Gasteiger partial charge on any atom is 0.252 e. The molecule has 9 aromatic carbocycles. The number of rotatable bonds is 12. The van der Waals surface area contributed by atoms with Crippen molar-refractivity contribution in [1.29, 1.82) is 0 Å². The van der Waals surface area contributed by atoms with Crippen LogP contribution in [0.3, 0.4) is 0 Å². The molecule has 9 aromatic rings. The second-order valence-electron chi connectivity index (χ2n) is 20.6. The molecular formula is C66H63BN4. The van der Waals surface area contributed by atoms with Gasteiger partial charge in [-0.1, -0.05) is 159 Å². The topological polar surface area (TPSA) is 13.0 Å². The predicted octanol–water partition coefficient (Wildman–Crippen LogP) is 17.2. The molecule has 11 rings (SSSR count). The molecule has 350 valence electrons. The van der Waals surface area contributed by atoms with Gasteiger partial charge in [0.05, 0.1) is 0 Å². The van der Waals surface area contributed by atoms with E-state index in [1.54, 1.807) is 0 Å². The fourth-order valence-electron chi connectivity index (χ4n) is 10.8. The first-order valence-electron chi connectivity index (χ1n) is 25.6. The summed E-state index contributed by atoms with van der Waals surface area (Å²) in [6.45, 7) is 18.1. The number of benzene rings is 9. The third-order valence-electron chi connectivity index (χ3n) is 14.8. The minimum Gasteiger partial charge on any atom is -0.311 e. The Bertz CT molecular complexity index is 2980. The third kappa shape index (κ3) is 8.37. The molecule has 2 aliphatic heterocycles. The van der Waals surface area contributed by atoms with E-state index in [-0.39, 0.29) is 6.71 Å². The van der Waals surface area contributed by atoms with Crippen molar-refractivity contribution in [1.82, 2.24) is 0 Å². The zero-order chi connectivity index (χ0) is 48.9. The standard InChI is InChI=1S/C66H63BN4/c1-44(2)48-22-30-54(31-23-48)68(55-32-24-49(25-33-55)45(3)4)58-38-40-60-64(42-58)70(52-16-11-9-12-17-52)62-20-15-21-63-66(62)67(60)61-41-39-59(43-65(61)71(63)53-18-13-10-14-19-53)69(56-34-26-50(27-35-56)46(5)6)57-36-28-51(29-37-57)47(7)8/h9-47H,1-8H3. The van der Waals surface area contributed by atoms with Gasteiger partial charge in [0.25, 0.3) is 6.71 Å². The van der Waals surface area contributed by atoms with Gasteiger partial charge in [-0.05, 0) is 172 Å². The van der Waals surface area contributed by atoms with Crippen molar-refractivity contribution in [2.24, 2.45) is 0 Å². The monoisotopic (exact) mass is 923 g/mol. The summed E-state index contributed by atoms with van der Waals surface area (Å²) in [5.41, 5.74) is 22.9. The molecule has 0 amide bonds. The molecule has 2 heterocycles. The van der Waals surface area contributed by atoms with Crippen molar-refractivity contribution < 1.29 is 0 Å². The molecule has 0 atom stereocenters. The van der Waals surface area contributed by atoms with Gasteiger partial charge in [-0.2, -0.15) is 0 Å². The molecule has 2 aliphatic rings. The van der Waals surface area contributed by atoms with Crippen molar-refractivity contribution in [2.45, 2.75) is 79.1 Å². The van der Waals surface area contributed by atoms with Crippen LogP contribution < -0.4 is 36.0 Å². The normalized spacial score (nSPS) is 12.6. The van der Waals surface area contributed by atoms with Crippen molar-refractivity contribution in [3.63, 3.8) is 0 Å². The zero-order valence-corrected chi connectivity index (χ0v) is 42.4. The van der Waals surface area contributed by atoms with E-state index in [0.29, 0.717) is 23.7 Å². The van der Waals surface area contributed by atoms with E-state index >= 15 is 0 Å². The highest BCUT2D eigenvalue weighted by Gasteiger charge is 2.43. The fourth-order valence-corrected chi connectivity index (χ4v) is 10.8. The van der Waals surface area contributed by atoms with Gasteiger partial charge in [0, 0.05) is 68.2 Å². The third-order valence-corrected chi connectivity index (χ3v) is 14.8. The average Bonchev–Trinajstić information content (AvgIpc) is 3.39. The van der Waals surface area contributed by atoms with Gasteiger partial charge < -0.3 is 19.6 Å². The molecule has 0 fully saturated rings. The Balaban J connectivity index is 1.13. The number of para-hydroxylation sites is 2. The molecule has 5 heteroatoms. The highest BCUT2D eigenvalue weighted by molar-refractivity contribution is 7.00. The number of hydrogen-bond acceptors (Lipinski definition) is 4. The highest BCUT2D eigenvalue weighted by Crippen LogP contribution is 2.47. The number of hydrogen-bond donors (Lipinski definition) is 0. The summed E-state index contributed by atoms with van der Waals surface area (Å²) in [5, 5.41) is 0. The summed E-state index contributed by atoms with van der Waals surface area (Å²) in [4.78, 5) is 9.86. The van der Waals surface area contributed by atoms with Crippen LogP contribution in [-0.2, 0) is 0 Å². The van der Waals surface area contributed by atoms with E-state index in [1.165, 1.54) is 61.4 Å². The molecule has 0 spiro atoms. The Morgan fingerprint density at radius 1 is 0.296 bits per heavy atom. The lowest BCUT2D eigenvalue weighted by molar-refractivity contribution is 0.866. The Labute approximate surface area is 422 Å². The summed E-state index contributed by atoms with van der Waals surface area (Å²) >= 11 is 0. The summed E-state index contributed by atoms with van der Waals surface area (Å²) < 4.78 is 0. The van der Waals surface area contributed by atoms with E-state index in [2.05, 4.69) is 287 Å². The molecule has 0 saturated carbocycles. The van der Waals surface area contributed by atoms with Gasteiger partial charge in [-0.3, -0.25) is 0 Å². The van der Waals surface area contributed by atoms with E-state index in [1.807, 2.05) is 0 Å². The minimum absolute atomic E-state index is 0.0394. The van der Waals surface area contributed by atoms with Gasteiger partial charge in [-0.15, -0.1) is 0 Å². The minimum atomic E-state index is -0.0394. The molecular weight excluding hydrogens is 860 g/mol. The Kier molecular flexibility index (Phi) is 12.1. The summed E-state index contributed by atoms with van der Waals surface area (Å²) in [6.07, 6.45) is 0. The van der Waals surface area contributed by atoms with Crippen LogP contribution in [0.15, 0.2) is 212 Å². The van der Waals surface area contributed by atoms with Crippen LogP contribution in [0.2, 0.25) is 0 Å². The molecule has 0 unspecified atom stereocenters. The number of nitrogens with zero attached hydrogens (tertiary/aromatic N) is 4. The summed E-state index contributed by atoms with van der Waals surface area (Å²) in [6, 6.07) is 79.8.